The first kappa shape index (κ1) is 13.3. The molecule has 0 unspecified atom stereocenters. The molecule has 1 amide bonds. The average molecular weight is 286 g/mol. The largest absolute Gasteiger partial charge is 0.350 e. The second-order valence-electron chi connectivity index (χ2n) is 5.33. The molecule has 104 valence electrons. The standard InChI is InChI=1S/C16H18N2OS/c1-11-4-2-3-5-13(11)8-15(19)17-9-14-10-20-16(18-14)12-6-7-12/h2-5,10,12H,6-9H2,1H3,(H,17,19). The molecule has 0 spiro atoms. The monoisotopic (exact) mass is 286 g/mol. The minimum atomic E-state index is 0.0558. The lowest BCUT2D eigenvalue weighted by atomic mass is 10.1. The minimum absolute atomic E-state index is 0.0558. The molecule has 2 aromatic rings. The van der Waals surface area contributed by atoms with Crippen molar-refractivity contribution < 1.29 is 4.79 Å². The highest BCUT2D eigenvalue weighted by Gasteiger charge is 2.26. The number of thiazole rings is 1. The molecule has 1 fully saturated rings. The van der Waals surface area contributed by atoms with Crippen LogP contribution in [0, 0.1) is 6.92 Å². The Morgan fingerprint density at radius 1 is 1.40 bits per heavy atom. The molecule has 3 nitrogen and oxygen atoms in total. The van der Waals surface area contributed by atoms with Crippen molar-refractivity contribution in [3.8, 4) is 0 Å². The van der Waals surface area contributed by atoms with Crippen LogP contribution < -0.4 is 5.32 Å². The van der Waals surface area contributed by atoms with Gasteiger partial charge in [0.25, 0.3) is 0 Å². The van der Waals surface area contributed by atoms with Gasteiger partial charge in [-0.05, 0) is 30.9 Å². The number of aryl methyl sites for hydroxylation is 1. The summed E-state index contributed by atoms with van der Waals surface area (Å²) < 4.78 is 0. The Morgan fingerprint density at radius 3 is 2.95 bits per heavy atom. The molecule has 1 N–H and O–H groups in total. The summed E-state index contributed by atoms with van der Waals surface area (Å²) in [6, 6.07) is 8.00. The number of carbonyl (C=O) groups is 1. The summed E-state index contributed by atoms with van der Waals surface area (Å²) in [5.41, 5.74) is 3.23. The normalized spacial score (nSPS) is 14.2. The third-order valence-electron chi connectivity index (χ3n) is 3.58. The number of hydrogen-bond donors (Lipinski definition) is 1. The van der Waals surface area contributed by atoms with Crippen LogP contribution in [0.4, 0.5) is 0 Å². The van der Waals surface area contributed by atoms with Crippen molar-refractivity contribution in [2.75, 3.05) is 0 Å². The Labute approximate surface area is 123 Å². The van der Waals surface area contributed by atoms with Crippen LogP contribution in [0.5, 0.6) is 0 Å². The van der Waals surface area contributed by atoms with Gasteiger partial charge in [0, 0.05) is 11.3 Å². The van der Waals surface area contributed by atoms with Gasteiger partial charge in [0.05, 0.1) is 23.7 Å². The van der Waals surface area contributed by atoms with Crippen LogP contribution >= 0.6 is 11.3 Å². The van der Waals surface area contributed by atoms with Crippen LogP contribution in [0.15, 0.2) is 29.6 Å². The van der Waals surface area contributed by atoms with Crippen molar-refractivity contribution in [2.45, 2.75) is 38.6 Å². The average Bonchev–Trinajstić information content (AvgIpc) is 3.18. The van der Waals surface area contributed by atoms with Gasteiger partial charge in [-0.1, -0.05) is 24.3 Å². The molecule has 1 heterocycles. The molecular formula is C16H18N2OS. The second kappa shape index (κ2) is 5.75. The number of nitrogens with zero attached hydrogens (tertiary/aromatic N) is 1. The quantitative estimate of drug-likeness (QED) is 0.917. The maximum atomic E-state index is 12.0. The minimum Gasteiger partial charge on any atom is -0.350 e. The Morgan fingerprint density at radius 2 is 2.20 bits per heavy atom. The fraction of sp³-hybridized carbons (Fsp3) is 0.375. The SMILES string of the molecule is Cc1ccccc1CC(=O)NCc1csc(C2CC2)n1. The van der Waals surface area contributed by atoms with Crippen LogP contribution in [0.2, 0.25) is 0 Å². The van der Waals surface area contributed by atoms with Crippen molar-refractivity contribution in [1.82, 2.24) is 10.3 Å². The van der Waals surface area contributed by atoms with E-state index < -0.39 is 0 Å². The molecule has 0 saturated heterocycles. The zero-order chi connectivity index (χ0) is 13.9. The van der Waals surface area contributed by atoms with Crippen LogP contribution in [0.1, 0.15) is 40.6 Å². The number of rotatable bonds is 5. The number of amides is 1. The molecular weight excluding hydrogens is 268 g/mol. The number of nitrogens with one attached hydrogen (secondary N) is 1. The van der Waals surface area contributed by atoms with Gasteiger partial charge in [-0.2, -0.15) is 0 Å². The molecule has 1 aliphatic carbocycles. The fourth-order valence-corrected chi connectivity index (χ4v) is 3.15. The predicted octanol–water partition coefficient (Wildman–Crippen LogP) is 3.19. The molecule has 1 aromatic heterocycles. The number of carbonyl (C=O) groups excluding carboxylic acids is 1. The van der Waals surface area contributed by atoms with Gasteiger partial charge >= 0.3 is 0 Å². The van der Waals surface area contributed by atoms with Gasteiger partial charge in [-0.15, -0.1) is 11.3 Å². The maximum absolute atomic E-state index is 12.0. The molecule has 1 aromatic carbocycles. The Balaban J connectivity index is 1.52. The first-order valence-electron chi connectivity index (χ1n) is 6.98. The van der Waals surface area contributed by atoms with E-state index in [0.717, 1.165) is 16.8 Å². The first-order chi connectivity index (χ1) is 9.72. The summed E-state index contributed by atoms with van der Waals surface area (Å²) in [7, 11) is 0. The van der Waals surface area contributed by atoms with Crippen molar-refractivity contribution >= 4 is 17.2 Å². The highest BCUT2D eigenvalue weighted by molar-refractivity contribution is 7.09. The summed E-state index contributed by atoms with van der Waals surface area (Å²) in [5, 5.41) is 6.24. The molecule has 1 aliphatic rings. The van der Waals surface area contributed by atoms with E-state index in [-0.39, 0.29) is 5.91 Å². The topological polar surface area (TPSA) is 42.0 Å². The van der Waals surface area contributed by atoms with Gasteiger partial charge in [-0.3, -0.25) is 4.79 Å². The zero-order valence-electron chi connectivity index (χ0n) is 11.6. The van der Waals surface area contributed by atoms with E-state index in [1.165, 1.54) is 17.8 Å². The molecule has 1 saturated carbocycles. The third-order valence-corrected chi connectivity index (χ3v) is 4.63. The summed E-state index contributed by atoms with van der Waals surface area (Å²) in [4.78, 5) is 16.5. The first-order valence-corrected chi connectivity index (χ1v) is 7.86. The summed E-state index contributed by atoms with van der Waals surface area (Å²) in [6.07, 6.45) is 2.98. The Kier molecular flexibility index (Phi) is 3.83. The van der Waals surface area contributed by atoms with E-state index in [9.17, 15) is 4.79 Å². The molecule has 3 rings (SSSR count). The third kappa shape index (κ3) is 3.25. The lowest BCUT2D eigenvalue weighted by Crippen LogP contribution is -2.25. The maximum Gasteiger partial charge on any atom is 0.224 e. The van der Waals surface area contributed by atoms with Crippen LogP contribution in [-0.4, -0.2) is 10.9 Å². The second-order valence-corrected chi connectivity index (χ2v) is 6.22. The smallest absolute Gasteiger partial charge is 0.224 e. The predicted molar refractivity (Wildman–Crippen MR) is 80.8 cm³/mol. The number of aromatic nitrogens is 1. The highest BCUT2D eigenvalue weighted by atomic mass is 32.1. The molecule has 4 heteroatoms. The molecule has 20 heavy (non-hydrogen) atoms. The van der Waals surface area contributed by atoms with E-state index in [2.05, 4.69) is 15.7 Å². The van der Waals surface area contributed by atoms with Crippen molar-refractivity contribution in [3.63, 3.8) is 0 Å². The number of benzene rings is 1. The van der Waals surface area contributed by atoms with Crippen LogP contribution in [0.3, 0.4) is 0 Å². The Bertz CT molecular complexity index is 616. The van der Waals surface area contributed by atoms with E-state index in [1.54, 1.807) is 11.3 Å². The summed E-state index contributed by atoms with van der Waals surface area (Å²) >= 11 is 1.72. The molecule has 0 bridgehead atoms. The molecule has 0 radical (unpaired) electrons. The van der Waals surface area contributed by atoms with E-state index >= 15 is 0 Å². The van der Waals surface area contributed by atoms with Gasteiger partial charge in [0.1, 0.15) is 0 Å². The summed E-state index contributed by atoms with van der Waals surface area (Å²) in [5.74, 6) is 0.747. The van der Waals surface area contributed by atoms with Gasteiger partial charge in [0.15, 0.2) is 0 Å². The zero-order valence-corrected chi connectivity index (χ0v) is 12.4. The highest BCUT2D eigenvalue weighted by Crippen LogP contribution is 2.41. The fourth-order valence-electron chi connectivity index (χ4n) is 2.15. The number of hydrogen-bond acceptors (Lipinski definition) is 3. The van der Waals surface area contributed by atoms with E-state index in [1.807, 2.05) is 31.2 Å². The van der Waals surface area contributed by atoms with E-state index in [0.29, 0.717) is 18.9 Å². The lowest BCUT2D eigenvalue weighted by Gasteiger charge is -2.06. The van der Waals surface area contributed by atoms with Crippen molar-refractivity contribution in [1.29, 1.82) is 0 Å². The van der Waals surface area contributed by atoms with Crippen LogP contribution in [-0.2, 0) is 17.8 Å². The van der Waals surface area contributed by atoms with Crippen molar-refractivity contribution in [2.24, 2.45) is 0 Å². The van der Waals surface area contributed by atoms with Gasteiger partial charge < -0.3 is 5.32 Å². The Hall–Kier alpha value is -1.68. The molecule has 0 aliphatic heterocycles. The van der Waals surface area contributed by atoms with Crippen LogP contribution in [0.25, 0.3) is 0 Å². The van der Waals surface area contributed by atoms with Crippen molar-refractivity contribution in [3.05, 3.63) is 51.5 Å². The lowest BCUT2D eigenvalue weighted by molar-refractivity contribution is -0.120. The van der Waals surface area contributed by atoms with Gasteiger partial charge in [0.2, 0.25) is 5.91 Å². The summed E-state index contributed by atoms with van der Waals surface area (Å²) in [6.45, 7) is 2.57. The molecule has 0 atom stereocenters. The van der Waals surface area contributed by atoms with E-state index in [4.69, 9.17) is 0 Å². The van der Waals surface area contributed by atoms with Gasteiger partial charge in [-0.25, -0.2) is 4.98 Å².